The molecule has 5 fully saturated rings. The number of morpholine rings is 1. The highest BCUT2D eigenvalue weighted by atomic mass is 32.2. The van der Waals surface area contributed by atoms with E-state index in [1.165, 1.54) is 0 Å². The predicted octanol–water partition coefficient (Wildman–Crippen LogP) is 1.61. The van der Waals surface area contributed by atoms with E-state index < -0.39 is 57.0 Å². The molecule has 35 heavy (non-hydrogen) atoms. The zero-order chi connectivity index (χ0) is 24.2. The van der Waals surface area contributed by atoms with Crippen LogP contribution < -0.4 is 0 Å². The van der Waals surface area contributed by atoms with Crippen LogP contribution in [0.1, 0.15) is 37.7 Å². The Morgan fingerprint density at radius 3 is 2.49 bits per heavy atom. The second-order valence-corrected chi connectivity index (χ2v) is 12.2. The first kappa shape index (κ1) is 23.4. The van der Waals surface area contributed by atoms with Crippen molar-refractivity contribution in [2.75, 3.05) is 32.8 Å². The van der Waals surface area contributed by atoms with E-state index >= 15 is 0 Å². The number of carbonyl (C=O) groups excluding carboxylic acids is 2. The fraction of sp³-hybridized carbons (Fsp3) is 0.680. The molecule has 190 valence electrons. The summed E-state index contributed by atoms with van der Waals surface area (Å²) in [7, 11) is -3.96. The third-order valence-corrected chi connectivity index (χ3v) is 10.3. The molecule has 3 saturated carbocycles. The molecule has 6 unspecified atom stereocenters. The summed E-state index contributed by atoms with van der Waals surface area (Å²) in [5, 5.41) is -0.937. The molecule has 6 rings (SSSR count). The van der Waals surface area contributed by atoms with Crippen LogP contribution in [0.25, 0.3) is 0 Å². The van der Waals surface area contributed by atoms with Crippen LogP contribution in [0.5, 0.6) is 0 Å². The summed E-state index contributed by atoms with van der Waals surface area (Å²) in [6.45, 7) is 2.50. The van der Waals surface area contributed by atoms with E-state index in [2.05, 4.69) is 0 Å². The van der Waals surface area contributed by atoms with Crippen LogP contribution in [0.4, 0.5) is 0 Å². The number of nitrogens with zero attached hydrogens (tertiary/aromatic N) is 1. The van der Waals surface area contributed by atoms with Gasteiger partial charge in [0.25, 0.3) is 10.1 Å². The van der Waals surface area contributed by atoms with Crippen molar-refractivity contribution in [3.05, 3.63) is 35.9 Å². The maximum Gasteiger partial charge on any atom is 0.320 e. The summed E-state index contributed by atoms with van der Waals surface area (Å²) in [5.41, 5.74) is 0.191. The van der Waals surface area contributed by atoms with Crippen LogP contribution in [0, 0.1) is 17.8 Å². The van der Waals surface area contributed by atoms with Gasteiger partial charge in [0.15, 0.2) is 0 Å². The van der Waals surface area contributed by atoms with Crippen molar-refractivity contribution >= 4 is 22.1 Å². The fourth-order valence-electron chi connectivity index (χ4n) is 6.98. The Morgan fingerprint density at radius 1 is 1.06 bits per heavy atom. The van der Waals surface area contributed by atoms with Gasteiger partial charge in [-0.25, -0.2) is 0 Å². The third kappa shape index (κ3) is 3.98. The first-order valence-corrected chi connectivity index (χ1v) is 14.1. The molecule has 2 bridgehead atoms. The highest BCUT2D eigenvalue weighted by Gasteiger charge is 2.72. The summed E-state index contributed by atoms with van der Waals surface area (Å²) in [5.74, 6) is -2.64. The Kier molecular flexibility index (Phi) is 5.90. The summed E-state index contributed by atoms with van der Waals surface area (Å²) in [6.07, 6.45) is 2.28. The molecule has 0 aromatic heterocycles. The largest absolute Gasteiger partial charge is 0.458 e. The lowest BCUT2D eigenvalue weighted by Crippen LogP contribution is -2.48. The van der Waals surface area contributed by atoms with Gasteiger partial charge in [-0.3, -0.25) is 18.7 Å². The molecule has 6 atom stereocenters. The van der Waals surface area contributed by atoms with Gasteiger partial charge in [-0.15, -0.1) is 0 Å². The Labute approximate surface area is 205 Å². The van der Waals surface area contributed by atoms with Crippen LogP contribution in [-0.2, 0) is 43.7 Å². The Balaban J connectivity index is 1.23. The zero-order valence-corrected chi connectivity index (χ0v) is 20.4. The smallest absolute Gasteiger partial charge is 0.320 e. The molecule has 2 aliphatic heterocycles. The average Bonchev–Trinajstić information content (AvgIpc) is 3.59. The molecule has 2 saturated heterocycles. The topological polar surface area (TPSA) is 108 Å². The quantitative estimate of drug-likeness (QED) is 0.421. The highest BCUT2D eigenvalue weighted by Crippen LogP contribution is 2.59. The van der Waals surface area contributed by atoms with Crippen molar-refractivity contribution in [1.82, 2.24) is 4.90 Å². The van der Waals surface area contributed by atoms with Crippen LogP contribution >= 0.6 is 0 Å². The standard InChI is InChI=1S/C25H31NO8S/c27-19(15-26-10-12-31-13-11-26)32-21-17-14-18-22(21)34-35(29,30)23(18)20(17)24(28)33-25(8-4-5-9-25)16-6-2-1-3-7-16/h1-3,6-7,17-18,20-23H,4-5,8-15H2. The number of esters is 2. The van der Waals surface area contributed by atoms with E-state index in [4.69, 9.17) is 18.4 Å². The van der Waals surface area contributed by atoms with Crippen molar-refractivity contribution in [3.8, 4) is 0 Å². The van der Waals surface area contributed by atoms with Gasteiger partial charge < -0.3 is 14.2 Å². The Morgan fingerprint density at radius 2 is 1.77 bits per heavy atom. The zero-order valence-electron chi connectivity index (χ0n) is 19.5. The lowest BCUT2D eigenvalue weighted by atomic mass is 9.84. The molecule has 0 radical (unpaired) electrons. The van der Waals surface area contributed by atoms with Gasteiger partial charge in [-0.1, -0.05) is 30.3 Å². The van der Waals surface area contributed by atoms with Crippen molar-refractivity contribution in [3.63, 3.8) is 0 Å². The van der Waals surface area contributed by atoms with Gasteiger partial charge in [-0.05, 0) is 37.7 Å². The highest BCUT2D eigenvalue weighted by molar-refractivity contribution is 7.87. The van der Waals surface area contributed by atoms with E-state index in [1.54, 1.807) is 0 Å². The summed E-state index contributed by atoms with van der Waals surface area (Å²) < 4.78 is 48.7. The summed E-state index contributed by atoms with van der Waals surface area (Å²) in [6, 6.07) is 9.68. The minimum Gasteiger partial charge on any atom is -0.458 e. The van der Waals surface area contributed by atoms with Crippen LogP contribution in [0.15, 0.2) is 30.3 Å². The number of carbonyl (C=O) groups is 2. The summed E-state index contributed by atoms with van der Waals surface area (Å²) in [4.78, 5) is 28.4. The summed E-state index contributed by atoms with van der Waals surface area (Å²) >= 11 is 0. The number of hydrogen-bond donors (Lipinski definition) is 0. The molecule has 0 N–H and O–H groups in total. The monoisotopic (exact) mass is 505 g/mol. The van der Waals surface area contributed by atoms with Gasteiger partial charge in [0.1, 0.15) is 23.1 Å². The number of fused-ring (bicyclic) bond motifs is 1. The minimum absolute atomic E-state index is 0.104. The first-order chi connectivity index (χ1) is 16.9. The lowest BCUT2D eigenvalue weighted by Gasteiger charge is -2.35. The second kappa shape index (κ2) is 8.83. The van der Waals surface area contributed by atoms with E-state index in [9.17, 15) is 18.0 Å². The first-order valence-electron chi connectivity index (χ1n) is 12.6. The molecule has 9 nitrogen and oxygen atoms in total. The van der Waals surface area contributed by atoms with Crippen molar-refractivity contribution in [1.29, 1.82) is 0 Å². The number of rotatable bonds is 6. The van der Waals surface area contributed by atoms with Gasteiger partial charge in [-0.2, -0.15) is 8.42 Å². The average molecular weight is 506 g/mol. The molecule has 0 spiro atoms. The minimum atomic E-state index is -3.96. The Bertz CT molecular complexity index is 1080. The molecule has 10 heteroatoms. The number of ether oxygens (including phenoxy) is 3. The third-order valence-electron chi connectivity index (χ3n) is 8.53. The molecule has 1 aromatic rings. The van der Waals surface area contributed by atoms with Crippen LogP contribution in [0.3, 0.4) is 0 Å². The normalized spacial score (nSPS) is 36.8. The van der Waals surface area contributed by atoms with Crippen LogP contribution in [-0.4, -0.2) is 75.6 Å². The Hall–Kier alpha value is -2.01. The molecular formula is C25H31NO8S. The fourth-order valence-corrected chi connectivity index (χ4v) is 9.04. The van der Waals surface area contributed by atoms with Gasteiger partial charge >= 0.3 is 11.9 Å². The molecule has 5 aliphatic rings. The van der Waals surface area contributed by atoms with Gasteiger partial charge in [0, 0.05) is 24.9 Å². The van der Waals surface area contributed by atoms with Gasteiger partial charge in [0.2, 0.25) is 0 Å². The SMILES string of the molecule is O=C(CN1CCOCC1)OC1C2CC3C1OS(=O)(=O)C3C2C(=O)OC1(c2ccccc2)CCCC1. The molecule has 2 heterocycles. The molecule has 0 amide bonds. The maximum atomic E-state index is 13.7. The number of hydrogen-bond acceptors (Lipinski definition) is 9. The predicted molar refractivity (Wildman–Crippen MR) is 122 cm³/mol. The molecule has 1 aromatic carbocycles. The molecule has 3 aliphatic carbocycles. The molecular weight excluding hydrogens is 474 g/mol. The van der Waals surface area contributed by atoms with E-state index in [0.717, 1.165) is 18.4 Å². The van der Waals surface area contributed by atoms with Gasteiger partial charge in [0.05, 0.1) is 25.7 Å². The van der Waals surface area contributed by atoms with E-state index in [0.29, 0.717) is 45.6 Å². The van der Waals surface area contributed by atoms with E-state index in [1.807, 2.05) is 35.2 Å². The van der Waals surface area contributed by atoms with Crippen molar-refractivity contribution < 1.29 is 36.4 Å². The van der Waals surface area contributed by atoms with E-state index in [-0.39, 0.29) is 12.5 Å². The van der Waals surface area contributed by atoms with Crippen molar-refractivity contribution in [2.24, 2.45) is 17.8 Å². The second-order valence-electron chi connectivity index (χ2n) is 10.4. The lowest BCUT2D eigenvalue weighted by molar-refractivity contribution is -0.174. The van der Waals surface area contributed by atoms with Crippen molar-refractivity contribution in [2.45, 2.75) is 55.2 Å². The maximum absolute atomic E-state index is 13.7. The van der Waals surface area contributed by atoms with Crippen LogP contribution in [0.2, 0.25) is 0 Å². The number of benzene rings is 1.